The molecule has 0 radical (unpaired) electrons. The summed E-state index contributed by atoms with van der Waals surface area (Å²) in [6, 6.07) is 4.07. The van der Waals surface area contributed by atoms with Crippen molar-refractivity contribution >= 4 is 5.69 Å². The monoisotopic (exact) mass is 321 g/mol. The SMILES string of the molecule is CNc1cc(C)nc(C2CN(CC3(O)CCOCC3)CCO2)c1. The van der Waals surface area contributed by atoms with E-state index in [1.165, 1.54) is 0 Å². The van der Waals surface area contributed by atoms with Gasteiger partial charge in [-0.25, -0.2) is 0 Å². The van der Waals surface area contributed by atoms with Crippen molar-refractivity contribution in [1.29, 1.82) is 0 Å². The first kappa shape index (κ1) is 16.6. The number of rotatable bonds is 4. The van der Waals surface area contributed by atoms with Crippen molar-refractivity contribution in [2.24, 2.45) is 0 Å². The third-order valence-corrected chi connectivity index (χ3v) is 4.68. The van der Waals surface area contributed by atoms with E-state index in [4.69, 9.17) is 9.47 Å². The second kappa shape index (κ2) is 7.13. The minimum atomic E-state index is -0.629. The van der Waals surface area contributed by atoms with E-state index in [-0.39, 0.29) is 6.10 Å². The molecule has 0 aromatic carbocycles. The minimum absolute atomic E-state index is 0.0424. The lowest BCUT2D eigenvalue weighted by Crippen LogP contribution is -2.50. The first-order chi connectivity index (χ1) is 11.1. The van der Waals surface area contributed by atoms with E-state index >= 15 is 0 Å². The van der Waals surface area contributed by atoms with Gasteiger partial charge in [0.15, 0.2) is 0 Å². The Balaban J connectivity index is 1.67. The molecule has 1 atom stereocenters. The van der Waals surface area contributed by atoms with Gasteiger partial charge >= 0.3 is 0 Å². The van der Waals surface area contributed by atoms with Gasteiger partial charge in [-0.05, 0) is 19.1 Å². The molecule has 2 fully saturated rings. The van der Waals surface area contributed by atoms with Crippen LogP contribution in [-0.2, 0) is 9.47 Å². The third-order valence-electron chi connectivity index (χ3n) is 4.68. The summed E-state index contributed by atoms with van der Waals surface area (Å²) >= 11 is 0. The lowest BCUT2D eigenvalue weighted by molar-refractivity contribution is -0.103. The van der Waals surface area contributed by atoms with Crippen LogP contribution < -0.4 is 5.32 Å². The number of aryl methyl sites for hydroxylation is 1. The van der Waals surface area contributed by atoms with Crippen LogP contribution in [-0.4, -0.2) is 67.1 Å². The van der Waals surface area contributed by atoms with Gasteiger partial charge in [0.2, 0.25) is 0 Å². The molecule has 3 rings (SSSR count). The quantitative estimate of drug-likeness (QED) is 0.872. The highest BCUT2D eigenvalue weighted by molar-refractivity contribution is 5.45. The number of pyridine rings is 1. The highest BCUT2D eigenvalue weighted by Gasteiger charge is 2.34. The molecule has 0 aliphatic carbocycles. The lowest BCUT2D eigenvalue weighted by atomic mass is 9.93. The van der Waals surface area contributed by atoms with Gasteiger partial charge in [-0.1, -0.05) is 0 Å². The van der Waals surface area contributed by atoms with Crippen LogP contribution in [0.25, 0.3) is 0 Å². The van der Waals surface area contributed by atoms with Gasteiger partial charge in [0, 0.05) is 64.1 Å². The molecule has 0 bridgehead atoms. The molecule has 6 heteroatoms. The van der Waals surface area contributed by atoms with Crippen LogP contribution in [0.15, 0.2) is 12.1 Å². The minimum Gasteiger partial charge on any atom is -0.388 e. The van der Waals surface area contributed by atoms with Gasteiger partial charge in [0.05, 0.1) is 17.9 Å². The van der Waals surface area contributed by atoms with E-state index in [2.05, 4.69) is 15.2 Å². The highest BCUT2D eigenvalue weighted by Crippen LogP contribution is 2.27. The Morgan fingerprint density at radius 2 is 2.13 bits per heavy atom. The number of hydrogen-bond acceptors (Lipinski definition) is 6. The molecule has 1 aromatic rings. The molecule has 1 aromatic heterocycles. The average Bonchev–Trinajstić information content (AvgIpc) is 2.54. The maximum absolute atomic E-state index is 10.7. The van der Waals surface area contributed by atoms with Gasteiger partial charge in [-0.3, -0.25) is 9.88 Å². The van der Waals surface area contributed by atoms with Crippen molar-refractivity contribution in [3.8, 4) is 0 Å². The van der Waals surface area contributed by atoms with E-state index in [1.54, 1.807) is 0 Å². The van der Waals surface area contributed by atoms with Crippen molar-refractivity contribution in [1.82, 2.24) is 9.88 Å². The molecule has 6 nitrogen and oxygen atoms in total. The second-order valence-electron chi connectivity index (χ2n) is 6.60. The summed E-state index contributed by atoms with van der Waals surface area (Å²) in [7, 11) is 1.91. The Morgan fingerprint density at radius 3 is 2.87 bits per heavy atom. The molecule has 23 heavy (non-hydrogen) atoms. The van der Waals surface area contributed by atoms with Crippen LogP contribution in [0.5, 0.6) is 0 Å². The molecule has 2 aliphatic heterocycles. The Morgan fingerprint density at radius 1 is 1.35 bits per heavy atom. The van der Waals surface area contributed by atoms with Crippen molar-refractivity contribution < 1.29 is 14.6 Å². The number of aromatic nitrogens is 1. The molecule has 2 N–H and O–H groups in total. The third kappa shape index (κ3) is 4.20. The zero-order chi connectivity index (χ0) is 16.3. The highest BCUT2D eigenvalue weighted by atomic mass is 16.5. The molecular weight excluding hydrogens is 294 g/mol. The Hall–Kier alpha value is -1.21. The van der Waals surface area contributed by atoms with Crippen molar-refractivity contribution in [3.05, 3.63) is 23.5 Å². The van der Waals surface area contributed by atoms with Gasteiger partial charge in [0.1, 0.15) is 6.10 Å². The van der Waals surface area contributed by atoms with E-state index < -0.39 is 5.60 Å². The van der Waals surface area contributed by atoms with Gasteiger partial charge in [-0.2, -0.15) is 0 Å². The number of morpholine rings is 1. The van der Waals surface area contributed by atoms with Crippen LogP contribution in [0.3, 0.4) is 0 Å². The van der Waals surface area contributed by atoms with Crippen molar-refractivity contribution in [2.75, 3.05) is 51.8 Å². The summed E-state index contributed by atoms with van der Waals surface area (Å²) in [5.74, 6) is 0. The van der Waals surface area contributed by atoms with Crippen LogP contribution in [0, 0.1) is 6.92 Å². The number of nitrogens with zero attached hydrogens (tertiary/aromatic N) is 2. The van der Waals surface area contributed by atoms with Crippen molar-refractivity contribution in [3.63, 3.8) is 0 Å². The Kier molecular flexibility index (Phi) is 5.16. The number of aliphatic hydroxyl groups is 1. The maximum Gasteiger partial charge on any atom is 0.112 e. The Labute approximate surface area is 137 Å². The summed E-state index contributed by atoms with van der Waals surface area (Å²) < 4.78 is 11.3. The molecule has 0 saturated carbocycles. The van der Waals surface area contributed by atoms with E-state index in [0.29, 0.717) is 39.2 Å². The normalized spacial score (nSPS) is 25.3. The average molecular weight is 321 g/mol. The van der Waals surface area contributed by atoms with Crippen LogP contribution in [0.1, 0.15) is 30.3 Å². The topological polar surface area (TPSA) is 66.9 Å². The lowest BCUT2D eigenvalue weighted by Gasteiger charge is -2.40. The smallest absolute Gasteiger partial charge is 0.112 e. The van der Waals surface area contributed by atoms with Gasteiger partial charge in [-0.15, -0.1) is 0 Å². The Bertz CT molecular complexity index is 532. The molecule has 3 heterocycles. The van der Waals surface area contributed by atoms with Crippen LogP contribution >= 0.6 is 0 Å². The zero-order valence-corrected chi connectivity index (χ0v) is 14.0. The molecule has 128 valence electrons. The molecule has 2 saturated heterocycles. The summed E-state index contributed by atoms with van der Waals surface area (Å²) in [5, 5.41) is 13.9. The first-order valence-corrected chi connectivity index (χ1v) is 8.38. The largest absolute Gasteiger partial charge is 0.388 e. The second-order valence-corrected chi connectivity index (χ2v) is 6.60. The molecule has 2 aliphatic rings. The summed E-state index contributed by atoms with van der Waals surface area (Å²) in [4.78, 5) is 6.92. The predicted molar refractivity (Wildman–Crippen MR) is 88.7 cm³/mol. The fraction of sp³-hybridized carbons (Fsp3) is 0.706. The molecular formula is C17H27N3O3. The summed E-state index contributed by atoms with van der Waals surface area (Å²) in [6.45, 7) is 6.26. The predicted octanol–water partition coefficient (Wildman–Crippen LogP) is 1.35. The summed E-state index contributed by atoms with van der Waals surface area (Å²) in [6.07, 6.45) is 1.38. The number of anilines is 1. The fourth-order valence-electron chi connectivity index (χ4n) is 3.35. The number of ether oxygens (including phenoxy) is 2. The molecule has 0 spiro atoms. The number of nitrogens with one attached hydrogen (secondary N) is 1. The van der Waals surface area contributed by atoms with Crippen molar-refractivity contribution in [2.45, 2.75) is 31.5 Å². The van der Waals surface area contributed by atoms with E-state index in [1.807, 2.05) is 26.1 Å². The zero-order valence-electron chi connectivity index (χ0n) is 14.0. The fourth-order valence-corrected chi connectivity index (χ4v) is 3.35. The molecule has 0 amide bonds. The number of hydrogen-bond donors (Lipinski definition) is 2. The standard InChI is InChI=1S/C17H27N3O3/c1-13-9-14(18-2)10-15(19-13)16-11-20(5-8-23-16)12-17(21)3-6-22-7-4-17/h9-10,16,21H,3-8,11-12H2,1-2H3,(H,18,19). The van der Waals surface area contributed by atoms with Gasteiger partial charge < -0.3 is 19.9 Å². The first-order valence-electron chi connectivity index (χ1n) is 8.38. The van der Waals surface area contributed by atoms with E-state index in [0.717, 1.165) is 30.2 Å². The molecule has 1 unspecified atom stereocenters. The van der Waals surface area contributed by atoms with Crippen LogP contribution in [0.4, 0.5) is 5.69 Å². The maximum atomic E-state index is 10.7. The van der Waals surface area contributed by atoms with E-state index in [9.17, 15) is 5.11 Å². The number of β-amino-alcohol motifs (C(OH)–C–C–N with tert-alkyl or cyclic N) is 1. The van der Waals surface area contributed by atoms with Gasteiger partial charge in [0.25, 0.3) is 0 Å². The van der Waals surface area contributed by atoms with Crippen LogP contribution in [0.2, 0.25) is 0 Å². The summed E-state index contributed by atoms with van der Waals surface area (Å²) in [5.41, 5.74) is 2.36.